The van der Waals surface area contributed by atoms with E-state index in [0.717, 1.165) is 25.8 Å². The van der Waals surface area contributed by atoms with Gasteiger partial charge in [0.2, 0.25) is 5.91 Å². The van der Waals surface area contributed by atoms with E-state index < -0.39 is 0 Å². The Bertz CT molecular complexity index is 249. The highest BCUT2D eigenvalue weighted by atomic mass is 16.2. The molecule has 1 amide bonds. The molecule has 0 aliphatic carbocycles. The molecule has 0 saturated carbocycles. The van der Waals surface area contributed by atoms with Gasteiger partial charge in [0, 0.05) is 24.9 Å². The van der Waals surface area contributed by atoms with Crippen molar-refractivity contribution in [2.45, 2.75) is 38.6 Å². The van der Waals surface area contributed by atoms with Crippen LogP contribution in [0, 0.1) is 5.92 Å². The van der Waals surface area contributed by atoms with Gasteiger partial charge in [-0.25, -0.2) is 0 Å². The molecule has 0 spiro atoms. The second kappa shape index (κ2) is 3.13. The Hall–Kier alpha value is -0.860. The number of ketones is 1. The fourth-order valence-electron chi connectivity index (χ4n) is 2.46. The summed E-state index contributed by atoms with van der Waals surface area (Å²) in [5.74, 6) is 0.790. The molecular formula is C10H15NO2. The molecule has 2 rings (SSSR count). The Kier molecular flexibility index (Phi) is 2.10. The predicted molar refractivity (Wildman–Crippen MR) is 48.1 cm³/mol. The van der Waals surface area contributed by atoms with Crippen LogP contribution in [0.4, 0.5) is 0 Å². The molecule has 72 valence electrons. The van der Waals surface area contributed by atoms with Crippen molar-refractivity contribution in [2.75, 3.05) is 6.54 Å². The van der Waals surface area contributed by atoms with E-state index in [1.54, 1.807) is 6.92 Å². The Morgan fingerprint density at radius 1 is 1.46 bits per heavy atom. The molecule has 2 saturated heterocycles. The van der Waals surface area contributed by atoms with Gasteiger partial charge in [0.25, 0.3) is 0 Å². The van der Waals surface area contributed by atoms with Gasteiger partial charge in [-0.2, -0.15) is 0 Å². The van der Waals surface area contributed by atoms with Gasteiger partial charge in [-0.3, -0.25) is 9.59 Å². The molecule has 2 aliphatic heterocycles. The van der Waals surface area contributed by atoms with Gasteiger partial charge in [-0.1, -0.05) is 0 Å². The van der Waals surface area contributed by atoms with Crippen molar-refractivity contribution in [3.8, 4) is 0 Å². The van der Waals surface area contributed by atoms with E-state index in [-0.39, 0.29) is 11.8 Å². The molecule has 0 aromatic heterocycles. The van der Waals surface area contributed by atoms with E-state index >= 15 is 0 Å². The Morgan fingerprint density at radius 2 is 2.23 bits per heavy atom. The van der Waals surface area contributed by atoms with Crippen molar-refractivity contribution in [3.05, 3.63) is 0 Å². The lowest BCUT2D eigenvalue weighted by Gasteiger charge is -2.33. The maximum absolute atomic E-state index is 11.3. The summed E-state index contributed by atoms with van der Waals surface area (Å²) in [6, 6.07) is 0.371. The summed E-state index contributed by atoms with van der Waals surface area (Å²) >= 11 is 0. The number of nitrogens with zero attached hydrogens (tertiary/aromatic N) is 1. The number of amides is 1. The summed E-state index contributed by atoms with van der Waals surface area (Å²) in [6.07, 6.45) is 3.43. The third-order valence-corrected chi connectivity index (χ3v) is 3.30. The second-order valence-electron chi connectivity index (χ2n) is 4.11. The highest BCUT2D eigenvalue weighted by Gasteiger charge is 2.37. The quantitative estimate of drug-likeness (QED) is 0.604. The van der Waals surface area contributed by atoms with E-state index in [1.165, 1.54) is 0 Å². The molecule has 2 aliphatic rings. The fraction of sp³-hybridized carbons (Fsp3) is 0.800. The van der Waals surface area contributed by atoms with Gasteiger partial charge in [0.1, 0.15) is 5.78 Å². The Morgan fingerprint density at radius 3 is 2.92 bits per heavy atom. The van der Waals surface area contributed by atoms with Crippen molar-refractivity contribution in [2.24, 2.45) is 5.92 Å². The van der Waals surface area contributed by atoms with Gasteiger partial charge in [-0.05, 0) is 26.2 Å². The first kappa shape index (κ1) is 8.73. The van der Waals surface area contributed by atoms with Gasteiger partial charge >= 0.3 is 0 Å². The summed E-state index contributed by atoms with van der Waals surface area (Å²) in [6.45, 7) is 2.46. The topological polar surface area (TPSA) is 37.4 Å². The molecule has 0 aromatic rings. The molecule has 0 bridgehead atoms. The third kappa shape index (κ3) is 1.47. The number of hydrogen-bond donors (Lipinski definition) is 0. The molecule has 0 radical (unpaired) electrons. The Labute approximate surface area is 78.1 Å². The van der Waals surface area contributed by atoms with Crippen LogP contribution in [0.15, 0.2) is 0 Å². The zero-order valence-corrected chi connectivity index (χ0v) is 7.95. The number of Topliss-reactive ketones (excluding diaryl/α,β-unsaturated/α-hetero) is 1. The minimum absolute atomic E-state index is 0.215. The summed E-state index contributed by atoms with van der Waals surface area (Å²) in [5.41, 5.74) is 0. The Balaban J connectivity index is 2.03. The number of hydrogen-bond acceptors (Lipinski definition) is 2. The molecule has 13 heavy (non-hydrogen) atoms. The molecule has 3 nitrogen and oxygen atoms in total. The van der Waals surface area contributed by atoms with Crippen LogP contribution >= 0.6 is 0 Å². The summed E-state index contributed by atoms with van der Waals surface area (Å²) in [5, 5.41) is 0. The van der Waals surface area contributed by atoms with E-state index in [9.17, 15) is 9.59 Å². The molecule has 2 unspecified atom stereocenters. The molecule has 2 heterocycles. The fourth-order valence-corrected chi connectivity index (χ4v) is 2.46. The molecule has 0 aromatic carbocycles. The van der Waals surface area contributed by atoms with Crippen LogP contribution in [0.3, 0.4) is 0 Å². The van der Waals surface area contributed by atoms with Crippen molar-refractivity contribution >= 4 is 11.7 Å². The van der Waals surface area contributed by atoms with Crippen molar-refractivity contribution in [1.82, 2.24) is 4.90 Å². The zero-order chi connectivity index (χ0) is 9.42. The van der Waals surface area contributed by atoms with Crippen LogP contribution in [-0.4, -0.2) is 29.2 Å². The SMILES string of the molecule is CC(=O)C1CCN2C(=O)CCC2C1. The normalized spacial score (nSPS) is 33.3. The smallest absolute Gasteiger partial charge is 0.222 e. The lowest BCUT2D eigenvalue weighted by molar-refractivity contribution is -0.132. The van der Waals surface area contributed by atoms with Crippen LogP contribution in [0.2, 0.25) is 0 Å². The van der Waals surface area contributed by atoms with E-state index in [0.29, 0.717) is 18.2 Å². The minimum atomic E-state index is 0.215. The maximum atomic E-state index is 11.3. The monoisotopic (exact) mass is 181 g/mol. The number of fused-ring (bicyclic) bond motifs is 1. The summed E-state index contributed by atoms with van der Waals surface area (Å²) in [7, 11) is 0. The van der Waals surface area contributed by atoms with Gasteiger partial charge in [0.15, 0.2) is 0 Å². The molecule has 2 fully saturated rings. The average molecular weight is 181 g/mol. The molecule has 0 N–H and O–H groups in total. The first-order chi connectivity index (χ1) is 6.18. The first-order valence-corrected chi connectivity index (χ1v) is 4.98. The van der Waals surface area contributed by atoms with E-state index in [4.69, 9.17) is 0 Å². The molecule has 3 heteroatoms. The lowest BCUT2D eigenvalue weighted by Crippen LogP contribution is -2.41. The maximum Gasteiger partial charge on any atom is 0.222 e. The van der Waals surface area contributed by atoms with Crippen LogP contribution in [0.25, 0.3) is 0 Å². The van der Waals surface area contributed by atoms with Gasteiger partial charge in [0.05, 0.1) is 0 Å². The van der Waals surface area contributed by atoms with Crippen LogP contribution < -0.4 is 0 Å². The van der Waals surface area contributed by atoms with Gasteiger partial charge < -0.3 is 4.90 Å². The van der Waals surface area contributed by atoms with Gasteiger partial charge in [-0.15, -0.1) is 0 Å². The van der Waals surface area contributed by atoms with Crippen LogP contribution in [0.1, 0.15) is 32.6 Å². The van der Waals surface area contributed by atoms with Crippen LogP contribution in [-0.2, 0) is 9.59 Å². The molecular weight excluding hydrogens is 166 g/mol. The summed E-state index contributed by atoms with van der Waals surface area (Å²) in [4.78, 5) is 24.4. The highest BCUT2D eigenvalue weighted by molar-refractivity contribution is 5.81. The number of piperidine rings is 1. The van der Waals surface area contributed by atoms with Crippen molar-refractivity contribution in [1.29, 1.82) is 0 Å². The number of rotatable bonds is 1. The summed E-state index contributed by atoms with van der Waals surface area (Å²) < 4.78 is 0. The van der Waals surface area contributed by atoms with Crippen molar-refractivity contribution in [3.63, 3.8) is 0 Å². The number of carbonyl (C=O) groups excluding carboxylic acids is 2. The first-order valence-electron chi connectivity index (χ1n) is 4.98. The van der Waals surface area contributed by atoms with Crippen LogP contribution in [0.5, 0.6) is 0 Å². The predicted octanol–water partition coefficient (Wildman–Crippen LogP) is 0.976. The van der Waals surface area contributed by atoms with E-state index in [2.05, 4.69) is 0 Å². The standard InChI is InChI=1S/C10H15NO2/c1-7(12)8-4-5-11-9(6-8)2-3-10(11)13/h8-9H,2-6H2,1H3. The van der Waals surface area contributed by atoms with E-state index in [1.807, 2.05) is 4.90 Å². The molecule has 2 atom stereocenters. The third-order valence-electron chi connectivity index (χ3n) is 3.30. The average Bonchev–Trinajstić information content (AvgIpc) is 2.47. The minimum Gasteiger partial charge on any atom is -0.340 e. The largest absolute Gasteiger partial charge is 0.340 e. The van der Waals surface area contributed by atoms with Crippen molar-refractivity contribution < 1.29 is 9.59 Å². The highest BCUT2D eigenvalue weighted by Crippen LogP contribution is 2.31. The lowest BCUT2D eigenvalue weighted by atomic mass is 9.88. The number of carbonyl (C=O) groups is 2. The second-order valence-corrected chi connectivity index (χ2v) is 4.11. The zero-order valence-electron chi connectivity index (χ0n) is 7.95.